The molecule has 3 aromatic heterocycles. The highest BCUT2D eigenvalue weighted by atomic mass is 32.1. The third-order valence-electron chi connectivity index (χ3n) is 4.72. The van der Waals surface area contributed by atoms with Crippen LogP contribution in [0.5, 0.6) is 11.5 Å². The number of aromatic nitrogens is 2. The maximum atomic E-state index is 12.8. The van der Waals surface area contributed by atoms with Gasteiger partial charge in [0.25, 0.3) is 5.56 Å². The molecule has 0 saturated carbocycles. The number of fused-ring (bicyclic) bond motifs is 1. The van der Waals surface area contributed by atoms with Crippen molar-refractivity contribution >= 4 is 32.9 Å². The number of benzene rings is 1. The highest BCUT2D eigenvalue weighted by Gasteiger charge is 2.16. The van der Waals surface area contributed by atoms with Gasteiger partial charge in [-0.15, -0.1) is 22.7 Å². The minimum atomic E-state index is -0.118. The first-order chi connectivity index (χ1) is 14.1. The number of H-pyrrole nitrogens is 1. The molecule has 0 radical (unpaired) electrons. The summed E-state index contributed by atoms with van der Waals surface area (Å²) < 4.78 is 10.6. The van der Waals surface area contributed by atoms with Crippen LogP contribution in [0.15, 0.2) is 45.9 Å². The lowest BCUT2D eigenvalue weighted by atomic mass is 10.2. The number of rotatable bonds is 7. The van der Waals surface area contributed by atoms with E-state index >= 15 is 0 Å². The predicted octanol–water partition coefficient (Wildman–Crippen LogP) is 4.58. The van der Waals surface area contributed by atoms with Gasteiger partial charge in [0, 0.05) is 22.4 Å². The van der Waals surface area contributed by atoms with Gasteiger partial charge in [0.2, 0.25) is 0 Å². The van der Waals surface area contributed by atoms with Crippen LogP contribution < -0.4 is 20.3 Å². The molecule has 3 heterocycles. The van der Waals surface area contributed by atoms with E-state index in [0.717, 1.165) is 20.8 Å². The summed E-state index contributed by atoms with van der Waals surface area (Å²) >= 11 is 3.12. The number of hydrogen-bond donors (Lipinski definition) is 2. The average Bonchev–Trinajstić information content (AvgIpc) is 3.41. The van der Waals surface area contributed by atoms with Gasteiger partial charge < -0.3 is 19.8 Å². The van der Waals surface area contributed by atoms with Crippen molar-refractivity contribution in [1.82, 2.24) is 15.3 Å². The van der Waals surface area contributed by atoms with Gasteiger partial charge >= 0.3 is 0 Å². The molecule has 0 aliphatic rings. The van der Waals surface area contributed by atoms with Crippen molar-refractivity contribution in [2.75, 3.05) is 14.2 Å². The molecule has 1 aromatic carbocycles. The van der Waals surface area contributed by atoms with E-state index in [1.165, 1.54) is 11.3 Å². The zero-order chi connectivity index (χ0) is 20.4. The zero-order valence-electron chi connectivity index (χ0n) is 16.3. The van der Waals surface area contributed by atoms with Gasteiger partial charge in [0.15, 0.2) is 11.5 Å². The molecule has 1 atom stereocenters. The lowest BCUT2D eigenvalue weighted by Crippen LogP contribution is -2.23. The van der Waals surface area contributed by atoms with Gasteiger partial charge in [0.1, 0.15) is 10.7 Å². The number of nitrogens with zero attached hydrogens (tertiary/aromatic N) is 1. The highest BCUT2D eigenvalue weighted by Crippen LogP contribution is 2.33. The fourth-order valence-corrected chi connectivity index (χ4v) is 4.91. The van der Waals surface area contributed by atoms with Crippen LogP contribution in [-0.4, -0.2) is 24.2 Å². The summed E-state index contributed by atoms with van der Waals surface area (Å²) in [5.41, 5.74) is 1.90. The summed E-state index contributed by atoms with van der Waals surface area (Å²) in [6.45, 7) is 2.59. The highest BCUT2D eigenvalue weighted by molar-refractivity contribution is 7.18. The molecule has 0 spiro atoms. The van der Waals surface area contributed by atoms with Gasteiger partial charge in [-0.2, -0.15) is 0 Å². The molecular weight excluding hydrogens is 406 g/mol. The van der Waals surface area contributed by atoms with Crippen LogP contribution in [0.3, 0.4) is 0 Å². The fourth-order valence-electron chi connectivity index (χ4n) is 3.14. The number of nitrogens with one attached hydrogen (secondary N) is 2. The second-order valence-corrected chi connectivity index (χ2v) is 8.36. The van der Waals surface area contributed by atoms with Gasteiger partial charge in [-0.3, -0.25) is 4.79 Å². The van der Waals surface area contributed by atoms with Crippen LogP contribution in [0.1, 0.15) is 24.4 Å². The fraction of sp³-hybridized carbons (Fsp3) is 0.238. The summed E-state index contributed by atoms with van der Waals surface area (Å²) in [5.74, 6) is 2.01. The summed E-state index contributed by atoms with van der Waals surface area (Å²) in [6, 6.07) is 9.68. The van der Waals surface area contributed by atoms with Gasteiger partial charge in [-0.05, 0) is 36.1 Å². The molecule has 0 unspecified atom stereocenters. The Morgan fingerprint density at radius 3 is 2.72 bits per heavy atom. The Balaban J connectivity index is 1.55. The van der Waals surface area contributed by atoms with Crippen LogP contribution in [0.25, 0.3) is 20.7 Å². The van der Waals surface area contributed by atoms with Gasteiger partial charge in [-0.1, -0.05) is 12.1 Å². The molecule has 0 bridgehead atoms. The summed E-state index contributed by atoms with van der Waals surface area (Å²) in [4.78, 5) is 22.3. The Kier molecular flexibility index (Phi) is 5.66. The number of aromatic amines is 1. The molecule has 0 aliphatic carbocycles. The minimum Gasteiger partial charge on any atom is -0.493 e. The van der Waals surface area contributed by atoms with Crippen LogP contribution in [-0.2, 0) is 6.54 Å². The Bertz CT molecular complexity index is 1180. The maximum absolute atomic E-state index is 12.8. The van der Waals surface area contributed by atoms with Crippen molar-refractivity contribution < 1.29 is 9.47 Å². The minimum absolute atomic E-state index is 0.102. The van der Waals surface area contributed by atoms with E-state index in [0.29, 0.717) is 29.3 Å². The van der Waals surface area contributed by atoms with Crippen molar-refractivity contribution in [2.24, 2.45) is 0 Å². The largest absolute Gasteiger partial charge is 0.493 e. The van der Waals surface area contributed by atoms with E-state index in [-0.39, 0.29) is 11.6 Å². The first kappa shape index (κ1) is 19.6. The van der Waals surface area contributed by atoms with E-state index in [2.05, 4.69) is 10.3 Å². The summed E-state index contributed by atoms with van der Waals surface area (Å²) in [6.07, 6.45) is 0. The molecule has 2 N–H and O–H groups in total. The standard InChI is InChI=1S/C21H21N3O3S2/c1-12(22-10-13-6-7-15(26-2)16(9-13)27-3)19-23-20(25)18-14(11-29-21(18)24-19)17-5-4-8-28-17/h4-9,11-12,22H,10H2,1-3H3,(H,23,24,25)/t12-/m1/s1. The first-order valence-corrected chi connectivity index (χ1v) is 10.9. The maximum Gasteiger partial charge on any atom is 0.260 e. The molecule has 29 heavy (non-hydrogen) atoms. The molecule has 6 nitrogen and oxygen atoms in total. The van der Waals surface area contributed by atoms with E-state index in [1.54, 1.807) is 25.6 Å². The zero-order valence-corrected chi connectivity index (χ0v) is 17.9. The summed E-state index contributed by atoms with van der Waals surface area (Å²) in [5, 5.41) is 8.08. The Morgan fingerprint density at radius 1 is 1.17 bits per heavy atom. The number of thiophene rings is 2. The lowest BCUT2D eigenvalue weighted by molar-refractivity contribution is 0.354. The third-order valence-corrected chi connectivity index (χ3v) is 6.49. The number of hydrogen-bond acceptors (Lipinski definition) is 7. The van der Waals surface area contributed by atoms with E-state index in [4.69, 9.17) is 14.5 Å². The molecular formula is C21H21N3O3S2. The van der Waals surface area contributed by atoms with E-state index in [1.807, 2.05) is 48.0 Å². The number of ether oxygens (including phenoxy) is 2. The van der Waals surface area contributed by atoms with Crippen LogP contribution in [0, 0.1) is 0 Å². The Morgan fingerprint density at radius 2 is 2.00 bits per heavy atom. The lowest BCUT2D eigenvalue weighted by Gasteiger charge is -2.14. The summed E-state index contributed by atoms with van der Waals surface area (Å²) in [7, 11) is 3.23. The second-order valence-electron chi connectivity index (χ2n) is 6.55. The Labute approximate surface area is 176 Å². The first-order valence-electron chi connectivity index (χ1n) is 9.10. The topological polar surface area (TPSA) is 76.2 Å². The average molecular weight is 428 g/mol. The van der Waals surface area contributed by atoms with Crippen LogP contribution in [0.4, 0.5) is 0 Å². The molecule has 0 saturated heterocycles. The third kappa shape index (κ3) is 3.91. The molecule has 0 amide bonds. The van der Waals surface area contributed by atoms with Crippen molar-refractivity contribution in [1.29, 1.82) is 0 Å². The monoisotopic (exact) mass is 427 g/mol. The van der Waals surface area contributed by atoms with E-state index < -0.39 is 0 Å². The molecule has 4 rings (SSSR count). The predicted molar refractivity (Wildman–Crippen MR) is 118 cm³/mol. The molecule has 0 aliphatic heterocycles. The van der Waals surface area contributed by atoms with E-state index in [9.17, 15) is 4.79 Å². The normalized spacial score (nSPS) is 12.2. The van der Waals surface area contributed by atoms with Crippen LogP contribution in [0.2, 0.25) is 0 Å². The molecule has 8 heteroatoms. The van der Waals surface area contributed by atoms with Gasteiger partial charge in [0.05, 0.1) is 25.6 Å². The molecule has 4 aromatic rings. The van der Waals surface area contributed by atoms with Crippen LogP contribution >= 0.6 is 22.7 Å². The van der Waals surface area contributed by atoms with Crippen molar-refractivity contribution in [2.45, 2.75) is 19.5 Å². The van der Waals surface area contributed by atoms with Crippen molar-refractivity contribution in [3.05, 3.63) is 62.8 Å². The second kappa shape index (κ2) is 8.36. The van der Waals surface area contributed by atoms with Crippen molar-refractivity contribution in [3.8, 4) is 21.9 Å². The molecule has 150 valence electrons. The number of methoxy groups -OCH3 is 2. The Hall–Kier alpha value is -2.68. The molecule has 0 fully saturated rings. The SMILES string of the molecule is COc1ccc(CN[C@H](C)c2nc3scc(-c4cccs4)c3c(=O)[nH]2)cc1OC. The van der Waals surface area contributed by atoms with Crippen molar-refractivity contribution in [3.63, 3.8) is 0 Å². The van der Waals surface area contributed by atoms with Gasteiger partial charge in [-0.25, -0.2) is 4.98 Å². The quantitative estimate of drug-likeness (QED) is 0.451. The smallest absolute Gasteiger partial charge is 0.260 e.